The lowest BCUT2D eigenvalue weighted by Crippen LogP contribution is -2.26. The van der Waals surface area contributed by atoms with E-state index < -0.39 is 31.1 Å². The average Bonchev–Trinajstić information content (AvgIpc) is 3.27. The summed E-state index contributed by atoms with van der Waals surface area (Å²) < 4.78 is 61.3. The fraction of sp³-hybridized carbons (Fsp3) is 0.414. The Balaban J connectivity index is 1.73. The Labute approximate surface area is 215 Å². The number of rotatable bonds is 13. The molecule has 37 heavy (non-hydrogen) atoms. The molecule has 0 spiro atoms. The summed E-state index contributed by atoms with van der Waals surface area (Å²) in [7, 11) is 1.62. The summed E-state index contributed by atoms with van der Waals surface area (Å²) in [6, 6.07) is 13.0. The van der Waals surface area contributed by atoms with Gasteiger partial charge >= 0.3 is 12.1 Å². The lowest BCUT2D eigenvalue weighted by Gasteiger charge is -2.19. The molecule has 1 atom stereocenters. The van der Waals surface area contributed by atoms with Gasteiger partial charge in [0, 0.05) is 22.9 Å². The van der Waals surface area contributed by atoms with Gasteiger partial charge in [0.25, 0.3) is 0 Å². The van der Waals surface area contributed by atoms with Crippen molar-refractivity contribution in [3.63, 3.8) is 0 Å². The molecule has 0 N–H and O–H groups in total. The summed E-state index contributed by atoms with van der Waals surface area (Å²) >= 11 is 0. The van der Waals surface area contributed by atoms with Crippen LogP contribution in [0.25, 0.3) is 22.3 Å². The largest absolute Gasteiger partial charge is 0.496 e. The Bertz CT molecular complexity index is 1210. The van der Waals surface area contributed by atoms with E-state index in [0.717, 1.165) is 30.2 Å². The maximum absolute atomic E-state index is 13.0. The molecule has 0 radical (unpaired) electrons. The first kappa shape index (κ1) is 28.2. The highest BCUT2D eigenvalue weighted by molar-refractivity contribution is 5.87. The second kappa shape index (κ2) is 12.7. The van der Waals surface area contributed by atoms with Crippen molar-refractivity contribution < 1.29 is 36.6 Å². The van der Waals surface area contributed by atoms with Gasteiger partial charge in [-0.15, -0.1) is 0 Å². The van der Waals surface area contributed by atoms with Gasteiger partial charge in [-0.25, -0.2) is 4.79 Å². The molecule has 0 aliphatic carbocycles. The minimum atomic E-state index is -4.42. The van der Waals surface area contributed by atoms with Crippen LogP contribution in [0.3, 0.4) is 0 Å². The number of alkyl halides is 3. The highest BCUT2D eigenvalue weighted by Gasteiger charge is 2.33. The summed E-state index contributed by atoms with van der Waals surface area (Å²) in [4.78, 5) is 11.6. The lowest BCUT2D eigenvalue weighted by molar-refractivity contribution is -0.158. The maximum atomic E-state index is 13.0. The van der Waals surface area contributed by atoms with Gasteiger partial charge in [-0.3, -0.25) is 0 Å². The predicted molar refractivity (Wildman–Crippen MR) is 137 cm³/mol. The summed E-state index contributed by atoms with van der Waals surface area (Å²) in [5, 5.41) is 0.818. The van der Waals surface area contributed by atoms with Crippen LogP contribution in [0.5, 0.6) is 11.5 Å². The molecule has 0 aliphatic rings. The van der Waals surface area contributed by atoms with Crippen LogP contribution in [0.4, 0.5) is 13.2 Å². The Hall–Kier alpha value is -3.42. The molecule has 2 aromatic carbocycles. The normalized spacial score (nSPS) is 12.4. The van der Waals surface area contributed by atoms with E-state index in [-0.39, 0.29) is 12.2 Å². The van der Waals surface area contributed by atoms with Crippen LogP contribution in [-0.4, -0.2) is 32.5 Å². The monoisotopic (exact) mass is 518 g/mol. The first-order valence-corrected chi connectivity index (χ1v) is 12.3. The Morgan fingerprint density at radius 1 is 1.08 bits per heavy atom. The van der Waals surface area contributed by atoms with E-state index in [4.69, 9.17) is 18.6 Å². The SMILES string of the molecule is C=C(C)C(=O)OCC(COc1ccc2cc(-c3ccc(CCCCC)cc3OC)oc2c1)CC(F)(F)F. The van der Waals surface area contributed by atoms with Crippen molar-refractivity contribution in [3.8, 4) is 22.8 Å². The summed E-state index contributed by atoms with van der Waals surface area (Å²) in [6.07, 6.45) is -1.13. The number of unbranched alkanes of at least 4 members (excludes halogenated alkanes) is 2. The molecule has 0 fully saturated rings. The van der Waals surface area contributed by atoms with Gasteiger partial charge < -0.3 is 18.6 Å². The number of hydrogen-bond acceptors (Lipinski definition) is 5. The molecule has 0 saturated carbocycles. The quantitative estimate of drug-likeness (QED) is 0.131. The van der Waals surface area contributed by atoms with Crippen molar-refractivity contribution in [2.45, 2.75) is 52.1 Å². The first-order chi connectivity index (χ1) is 17.6. The third kappa shape index (κ3) is 8.30. The van der Waals surface area contributed by atoms with Crippen molar-refractivity contribution >= 4 is 16.9 Å². The number of ether oxygens (including phenoxy) is 3. The molecule has 3 aromatic rings. The molecule has 0 saturated heterocycles. The van der Waals surface area contributed by atoms with Crippen LogP contribution in [0.1, 0.15) is 45.1 Å². The molecular formula is C29H33F3O5. The lowest BCUT2D eigenvalue weighted by atomic mass is 10.0. The fourth-order valence-electron chi connectivity index (χ4n) is 3.93. The molecule has 1 heterocycles. The van der Waals surface area contributed by atoms with E-state index in [1.807, 2.05) is 18.2 Å². The second-order valence-electron chi connectivity index (χ2n) is 9.18. The van der Waals surface area contributed by atoms with Crippen molar-refractivity contribution in [2.75, 3.05) is 20.3 Å². The standard InChI is InChI=1S/C29H33F3O5/c1-5-6-7-8-20-9-12-24(26(13-20)34-4)27-14-22-10-11-23(15-25(22)37-27)35-17-21(16-29(30,31)32)18-36-28(33)19(2)3/h9-15,21H,2,5-8,16-18H2,1,3-4H3. The van der Waals surface area contributed by atoms with E-state index in [0.29, 0.717) is 22.8 Å². The molecule has 1 aromatic heterocycles. The summed E-state index contributed by atoms with van der Waals surface area (Å²) in [5.41, 5.74) is 2.66. The van der Waals surface area contributed by atoms with Gasteiger partial charge in [-0.2, -0.15) is 13.2 Å². The van der Waals surface area contributed by atoms with Crippen molar-refractivity contribution in [2.24, 2.45) is 5.92 Å². The van der Waals surface area contributed by atoms with E-state index >= 15 is 0 Å². The van der Waals surface area contributed by atoms with Crippen LogP contribution >= 0.6 is 0 Å². The molecule has 0 aliphatic heterocycles. The number of fused-ring (bicyclic) bond motifs is 1. The Kier molecular flexibility index (Phi) is 9.66. The molecule has 0 bridgehead atoms. The van der Waals surface area contributed by atoms with Gasteiger partial charge in [0.2, 0.25) is 0 Å². The number of benzene rings is 2. The smallest absolute Gasteiger partial charge is 0.389 e. The molecule has 3 rings (SSSR count). The number of carbonyl (C=O) groups is 1. The van der Waals surface area contributed by atoms with Crippen LogP contribution in [0, 0.1) is 5.92 Å². The third-order valence-corrected chi connectivity index (χ3v) is 5.90. The molecule has 200 valence electrons. The second-order valence-corrected chi connectivity index (χ2v) is 9.18. The highest BCUT2D eigenvalue weighted by atomic mass is 19.4. The van der Waals surface area contributed by atoms with Crippen molar-refractivity contribution in [1.82, 2.24) is 0 Å². The molecular weight excluding hydrogens is 485 g/mol. The summed E-state index contributed by atoms with van der Waals surface area (Å²) in [6.45, 7) is 6.33. The zero-order valence-corrected chi connectivity index (χ0v) is 21.5. The van der Waals surface area contributed by atoms with Gasteiger partial charge in [0.1, 0.15) is 22.8 Å². The van der Waals surface area contributed by atoms with E-state index in [2.05, 4.69) is 19.6 Å². The van der Waals surface area contributed by atoms with E-state index in [1.165, 1.54) is 18.9 Å². The van der Waals surface area contributed by atoms with Gasteiger partial charge in [0.15, 0.2) is 0 Å². The zero-order chi connectivity index (χ0) is 27.0. The molecule has 5 nitrogen and oxygen atoms in total. The number of halogens is 3. The van der Waals surface area contributed by atoms with E-state index in [1.54, 1.807) is 25.3 Å². The molecule has 0 amide bonds. The Morgan fingerprint density at radius 2 is 1.86 bits per heavy atom. The number of hydrogen-bond donors (Lipinski definition) is 0. The average molecular weight is 519 g/mol. The van der Waals surface area contributed by atoms with Crippen LogP contribution in [0.2, 0.25) is 0 Å². The van der Waals surface area contributed by atoms with Crippen molar-refractivity contribution in [1.29, 1.82) is 0 Å². The van der Waals surface area contributed by atoms with Crippen LogP contribution in [0.15, 0.2) is 59.0 Å². The third-order valence-electron chi connectivity index (χ3n) is 5.90. The number of aryl methyl sites for hydroxylation is 1. The Morgan fingerprint density at radius 3 is 2.54 bits per heavy atom. The number of methoxy groups -OCH3 is 1. The van der Waals surface area contributed by atoms with Gasteiger partial charge in [-0.05, 0) is 55.7 Å². The minimum Gasteiger partial charge on any atom is -0.496 e. The number of carbonyl (C=O) groups excluding carboxylic acids is 1. The van der Waals surface area contributed by atoms with Gasteiger partial charge in [-0.1, -0.05) is 32.4 Å². The van der Waals surface area contributed by atoms with Crippen LogP contribution in [-0.2, 0) is 16.0 Å². The summed E-state index contributed by atoms with van der Waals surface area (Å²) in [5.74, 6) is -0.118. The van der Waals surface area contributed by atoms with Gasteiger partial charge in [0.05, 0.1) is 32.3 Å². The zero-order valence-electron chi connectivity index (χ0n) is 21.5. The number of esters is 1. The minimum absolute atomic E-state index is 0.119. The topological polar surface area (TPSA) is 57.9 Å². The maximum Gasteiger partial charge on any atom is 0.389 e. The predicted octanol–water partition coefficient (Wildman–Crippen LogP) is 7.91. The number of furan rings is 1. The first-order valence-electron chi connectivity index (χ1n) is 12.3. The highest BCUT2D eigenvalue weighted by Crippen LogP contribution is 2.36. The molecule has 8 heteroatoms. The van der Waals surface area contributed by atoms with E-state index in [9.17, 15) is 18.0 Å². The molecule has 1 unspecified atom stereocenters. The fourth-order valence-corrected chi connectivity index (χ4v) is 3.93. The van der Waals surface area contributed by atoms with Crippen molar-refractivity contribution in [3.05, 3.63) is 60.2 Å². The van der Waals surface area contributed by atoms with Crippen LogP contribution < -0.4 is 9.47 Å².